The van der Waals surface area contributed by atoms with E-state index in [2.05, 4.69) is 16.4 Å². The van der Waals surface area contributed by atoms with Crippen LogP contribution in [-0.2, 0) is 0 Å². The van der Waals surface area contributed by atoms with Crippen molar-refractivity contribution in [3.63, 3.8) is 0 Å². The van der Waals surface area contributed by atoms with Crippen LogP contribution >= 0.6 is 0 Å². The number of nitrogens with two attached hydrogens (primary N) is 1. The molecule has 1 unspecified atom stereocenters. The van der Waals surface area contributed by atoms with Gasteiger partial charge < -0.3 is 11.1 Å². The number of pyridine rings is 1. The number of rotatable bonds is 1. The molecule has 2 rings (SSSR count). The first-order chi connectivity index (χ1) is 6.27. The number of hydrogen-bond donors (Lipinski definition) is 2. The Balaban J connectivity index is 2.29. The summed E-state index contributed by atoms with van der Waals surface area (Å²) in [5, 5.41) is 3.45. The third kappa shape index (κ3) is 1.65. The Bertz CT molecular complexity index is 303. The highest BCUT2D eigenvalue weighted by atomic mass is 14.9. The molecule has 0 aromatic carbocycles. The summed E-state index contributed by atoms with van der Waals surface area (Å²) in [5.74, 6) is 0.610. The van der Waals surface area contributed by atoms with E-state index in [1.807, 2.05) is 13.0 Å². The SMILES string of the molecule is Cc1nc(N)ccc1C1CCCN1. The van der Waals surface area contributed by atoms with Gasteiger partial charge in [0, 0.05) is 11.7 Å². The predicted octanol–water partition coefficient (Wildman–Crippen LogP) is 1.40. The maximum Gasteiger partial charge on any atom is 0.123 e. The van der Waals surface area contributed by atoms with Gasteiger partial charge in [-0.25, -0.2) is 4.98 Å². The highest BCUT2D eigenvalue weighted by Crippen LogP contribution is 2.25. The van der Waals surface area contributed by atoms with E-state index < -0.39 is 0 Å². The van der Waals surface area contributed by atoms with Crippen molar-refractivity contribution in [2.24, 2.45) is 0 Å². The third-order valence-electron chi connectivity index (χ3n) is 2.58. The Morgan fingerprint density at radius 1 is 1.54 bits per heavy atom. The van der Waals surface area contributed by atoms with Gasteiger partial charge in [0.15, 0.2) is 0 Å². The Kier molecular flexibility index (Phi) is 2.19. The van der Waals surface area contributed by atoms with Crippen molar-refractivity contribution >= 4 is 5.82 Å². The smallest absolute Gasteiger partial charge is 0.123 e. The summed E-state index contributed by atoms with van der Waals surface area (Å²) in [5.41, 5.74) is 7.95. The van der Waals surface area contributed by atoms with Gasteiger partial charge in [0.25, 0.3) is 0 Å². The molecule has 0 amide bonds. The Morgan fingerprint density at radius 2 is 2.38 bits per heavy atom. The van der Waals surface area contributed by atoms with Crippen molar-refractivity contribution in [3.8, 4) is 0 Å². The number of aromatic nitrogens is 1. The molecule has 1 aliphatic heterocycles. The molecule has 1 aromatic rings. The highest BCUT2D eigenvalue weighted by Gasteiger charge is 2.18. The second-order valence-corrected chi connectivity index (χ2v) is 3.56. The van der Waals surface area contributed by atoms with E-state index in [1.165, 1.54) is 18.4 Å². The molecule has 1 aromatic heterocycles. The average Bonchev–Trinajstić information content (AvgIpc) is 2.56. The van der Waals surface area contributed by atoms with E-state index >= 15 is 0 Å². The topological polar surface area (TPSA) is 50.9 Å². The van der Waals surface area contributed by atoms with Crippen LogP contribution in [0.1, 0.15) is 30.1 Å². The van der Waals surface area contributed by atoms with E-state index in [1.54, 1.807) is 0 Å². The Labute approximate surface area is 78.4 Å². The zero-order valence-electron chi connectivity index (χ0n) is 7.88. The van der Waals surface area contributed by atoms with E-state index in [4.69, 9.17) is 5.73 Å². The summed E-state index contributed by atoms with van der Waals surface area (Å²) in [4.78, 5) is 4.26. The summed E-state index contributed by atoms with van der Waals surface area (Å²) in [6.45, 7) is 3.14. The number of anilines is 1. The van der Waals surface area contributed by atoms with Crippen molar-refractivity contribution in [3.05, 3.63) is 23.4 Å². The fourth-order valence-electron chi connectivity index (χ4n) is 1.91. The molecular formula is C10H15N3. The zero-order chi connectivity index (χ0) is 9.26. The second-order valence-electron chi connectivity index (χ2n) is 3.56. The summed E-state index contributed by atoms with van der Waals surface area (Å²) in [6, 6.07) is 4.45. The second kappa shape index (κ2) is 3.34. The minimum absolute atomic E-state index is 0.494. The largest absolute Gasteiger partial charge is 0.384 e. The number of nitrogens with zero attached hydrogens (tertiary/aromatic N) is 1. The molecule has 13 heavy (non-hydrogen) atoms. The van der Waals surface area contributed by atoms with Crippen LogP contribution in [0, 0.1) is 6.92 Å². The van der Waals surface area contributed by atoms with Crippen LogP contribution in [0.5, 0.6) is 0 Å². The lowest BCUT2D eigenvalue weighted by atomic mass is 10.0. The summed E-state index contributed by atoms with van der Waals surface area (Å²) in [6.07, 6.45) is 2.47. The molecule has 1 saturated heterocycles. The van der Waals surface area contributed by atoms with Gasteiger partial charge in [-0.2, -0.15) is 0 Å². The van der Waals surface area contributed by atoms with E-state index in [-0.39, 0.29) is 0 Å². The van der Waals surface area contributed by atoms with Crippen molar-refractivity contribution in [2.45, 2.75) is 25.8 Å². The van der Waals surface area contributed by atoms with E-state index in [0.29, 0.717) is 11.9 Å². The van der Waals surface area contributed by atoms with E-state index in [9.17, 15) is 0 Å². The third-order valence-corrected chi connectivity index (χ3v) is 2.58. The maximum atomic E-state index is 5.59. The van der Waals surface area contributed by atoms with Crippen molar-refractivity contribution in [1.29, 1.82) is 0 Å². The molecule has 1 atom stereocenters. The van der Waals surface area contributed by atoms with Gasteiger partial charge in [0.2, 0.25) is 0 Å². The number of nitrogens with one attached hydrogen (secondary N) is 1. The summed E-state index contributed by atoms with van der Waals surface area (Å²) < 4.78 is 0. The molecule has 1 aliphatic rings. The molecule has 2 heterocycles. The molecule has 70 valence electrons. The normalized spacial score (nSPS) is 22.1. The van der Waals surface area contributed by atoms with Crippen LogP contribution in [0.15, 0.2) is 12.1 Å². The average molecular weight is 177 g/mol. The summed E-state index contributed by atoms with van der Waals surface area (Å²) >= 11 is 0. The van der Waals surface area contributed by atoms with Gasteiger partial charge in [-0.3, -0.25) is 0 Å². The number of nitrogen functional groups attached to an aromatic ring is 1. The van der Waals surface area contributed by atoms with Crippen molar-refractivity contribution < 1.29 is 0 Å². The molecule has 3 nitrogen and oxygen atoms in total. The monoisotopic (exact) mass is 177 g/mol. The van der Waals surface area contributed by atoms with Crippen LogP contribution in [0.4, 0.5) is 5.82 Å². The fraction of sp³-hybridized carbons (Fsp3) is 0.500. The molecule has 0 radical (unpaired) electrons. The number of hydrogen-bond acceptors (Lipinski definition) is 3. The first kappa shape index (κ1) is 8.51. The van der Waals surface area contributed by atoms with Gasteiger partial charge >= 0.3 is 0 Å². The standard InChI is InChI=1S/C10H15N3/c1-7-8(4-5-10(11)13-7)9-3-2-6-12-9/h4-5,9,12H,2-3,6H2,1H3,(H2,11,13). The van der Waals surface area contributed by atoms with Gasteiger partial charge in [-0.15, -0.1) is 0 Å². The molecule has 1 fully saturated rings. The minimum atomic E-state index is 0.494. The van der Waals surface area contributed by atoms with Gasteiger partial charge in [0.05, 0.1) is 0 Å². The molecule has 0 saturated carbocycles. The molecule has 3 heteroatoms. The van der Waals surface area contributed by atoms with Crippen LogP contribution < -0.4 is 11.1 Å². The molecule has 3 N–H and O–H groups in total. The lowest BCUT2D eigenvalue weighted by Gasteiger charge is -2.12. The lowest BCUT2D eigenvalue weighted by Crippen LogP contribution is -2.14. The number of aryl methyl sites for hydroxylation is 1. The van der Waals surface area contributed by atoms with Crippen LogP contribution in [0.3, 0.4) is 0 Å². The first-order valence-corrected chi connectivity index (χ1v) is 4.74. The molecule has 0 bridgehead atoms. The summed E-state index contributed by atoms with van der Waals surface area (Å²) in [7, 11) is 0. The van der Waals surface area contributed by atoms with Gasteiger partial charge in [0.1, 0.15) is 5.82 Å². The van der Waals surface area contributed by atoms with E-state index in [0.717, 1.165) is 12.2 Å². The highest BCUT2D eigenvalue weighted by molar-refractivity contribution is 5.35. The van der Waals surface area contributed by atoms with Crippen LogP contribution in [-0.4, -0.2) is 11.5 Å². The maximum absolute atomic E-state index is 5.59. The molecule has 0 spiro atoms. The zero-order valence-corrected chi connectivity index (χ0v) is 7.88. The minimum Gasteiger partial charge on any atom is -0.384 e. The van der Waals surface area contributed by atoms with Crippen molar-refractivity contribution in [2.75, 3.05) is 12.3 Å². The Hall–Kier alpha value is -1.09. The van der Waals surface area contributed by atoms with Crippen LogP contribution in [0.2, 0.25) is 0 Å². The van der Waals surface area contributed by atoms with Gasteiger partial charge in [-0.1, -0.05) is 6.07 Å². The van der Waals surface area contributed by atoms with Crippen LogP contribution in [0.25, 0.3) is 0 Å². The molecule has 0 aliphatic carbocycles. The predicted molar refractivity (Wildman–Crippen MR) is 53.4 cm³/mol. The Morgan fingerprint density at radius 3 is 3.00 bits per heavy atom. The lowest BCUT2D eigenvalue weighted by molar-refractivity contribution is 0.640. The van der Waals surface area contributed by atoms with Crippen molar-refractivity contribution in [1.82, 2.24) is 10.3 Å². The fourth-order valence-corrected chi connectivity index (χ4v) is 1.91. The quantitative estimate of drug-likeness (QED) is 0.681. The first-order valence-electron chi connectivity index (χ1n) is 4.74. The van der Waals surface area contributed by atoms with Gasteiger partial charge in [-0.05, 0) is 37.9 Å². The molecular weight excluding hydrogens is 162 g/mol.